The number of nitrogens with zero attached hydrogens (tertiary/aromatic N) is 1. The summed E-state index contributed by atoms with van der Waals surface area (Å²) in [4.78, 5) is 2.51. The number of nitrogens with one attached hydrogen (secondary N) is 1. The van der Waals surface area contributed by atoms with Gasteiger partial charge in [-0.25, -0.2) is 0 Å². The Labute approximate surface area is 131 Å². The SMILES string of the molecule is CNC1CCN(C(C)c2ccc(Cl)c(Cl)c2)CC1.Cl. The summed E-state index contributed by atoms with van der Waals surface area (Å²) in [5.74, 6) is 0. The molecule has 0 amide bonds. The Balaban J connectivity index is 0.00000180. The minimum absolute atomic E-state index is 0. The van der Waals surface area contributed by atoms with E-state index in [4.69, 9.17) is 23.2 Å². The third kappa shape index (κ3) is 4.24. The fourth-order valence-electron chi connectivity index (χ4n) is 2.56. The number of likely N-dealkylation sites (tertiary alicyclic amines) is 1. The Morgan fingerprint density at radius 3 is 2.37 bits per heavy atom. The van der Waals surface area contributed by atoms with Crippen LogP contribution in [-0.2, 0) is 0 Å². The molecule has 1 N–H and O–H groups in total. The van der Waals surface area contributed by atoms with E-state index in [1.807, 2.05) is 19.2 Å². The lowest BCUT2D eigenvalue weighted by atomic mass is 10.0. The quantitative estimate of drug-likeness (QED) is 0.898. The normalized spacial score (nSPS) is 18.9. The van der Waals surface area contributed by atoms with Crippen LogP contribution >= 0.6 is 35.6 Å². The monoisotopic (exact) mass is 322 g/mol. The van der Waals surface area contributed by atoms with Gasteiger partial charge in [0.2, 0.25) is 0 Å². The molecule has 0 radical (unpaired) electrons. The van der Waals surface area contributed by atoms with E-state index in [0.29, 0.717) is 22.1 Å². The molecule has 0 saturated carbocycles. The highest BCUT2D eigenvalue weighted by atomic mass is 35.5. The molecule has 1 aromatic rings. The van der Waals surface area contributed by atoms with Gasteiger partial charge in [0.1, 0.15) is 0 Å². The second-order valence-corrected chi connectivity index (χ2v) is 5.76. The number of benzene rings is 1. The van der Waals surface area contributed by atoms with Gasteiger partial charge in [-0.3, -0.25) is 4.90 Å². The van der Waals surface area contributed by atoms with Crippen LogP contribution in [-0.4, -0.2) is 31.1 Å². The first-order chi connectivity index (χ1) is 8.61. The summed E-state index contributed by atoms with van der Waals surface area (Å²) in [6, 6.07) is 7.01. The molecule has 5 heteroatoms. The molecule has 1 heterocycles. The van der Waals surface area contributed by atoms with Gasteiger partial charge in [0, 0.05) is 25.2 Å². The molecule has 2 rings (SSSR count). The van der Waals surface area contributed by atoms with Crippen LogP contribution in [0.4, 0.5) is 0 Å². The Hall–Kier alpha value is 0.01000. The summed E-state index contributed by atoms with van der Waals surface area (Å²) in [7, 11) is 2.04. The molecule has 1 saturated heterocycles. The van der Waals surface area contributed by atoms with Gasteiger partial charge < -0.3 is 5.32 Å². The van der Waals surface area contributed by atoms with Crippen LogP contribution in [0, 0.1) is 0 Å². The highest BCUT2D eigenvalue weighted by molar-refractivity contribution is 6.42. The van der Waals surface area contributed by atoms with E-state index in [0.717, 1.165) is 13.1 Å². The first-order valence-corrected chi connectivity index (χ1v) is 7.23. The second-order valence-electron chi connectivity index (χ2n) is 4.95. The molecule has 1 aromatic carbocycles. The molecule has 2 nitrogen and oxygen atoms in total. The van der Waals surface area contributed by atoms with Gasteiger partial charge in [0.05, 0.1) is 10.0 Å². The zero-order chi connectivity index (χ0) is 13.1. The minimum atomic E-state index is 0. The fraction of sp³-hybridized carbons (Fsp3) is 0.571. The average molecular weight is 324 g/mol. The van der Waals surface area contributed by atoms with Crippen molar-refractivity contribution < 1.29 is 0 Å². The topological polar surface area (TPSA) is 15.3 Å². The van der Waals surface area contributed by atoms with Crippen molar-refractivity contribution in [1.82, 2.24) is 10.2 Å². The molecule has 1 aliphatic heterocycles. The summed E-state index contributed by atoms with van der Waals surface area (Å²) < 4.78 is 0. The lowest BCUT2D eigenvalue weighted by Crippen LogP contribution is -2.42. The van der Waals surface area contributed by atoms with E-state index < -0.39 is 0 Å². The van der Waals surface area contributed by atoms with Gasteiger partial charge in [-0.1, -0.05) is 29.3 Å². The van der Waals surface area contributed by atoms with Crippen LogP contribution in [0.5, 0.6) is 0 Å². The van der Waals surface area contributed by atoms with Gasteiger partial charge in [0.15, 0.2) is 0 Å². The second kappa shape index (κ2) is 7.70. The Morgan fingerprint density at radius 1 is 1.21 bits per heavy atom. The molecule has 0 bridgehead atoms. The summed E-state index contributed by atoms with van der Waals surface area (Å²) in [5.41, 5.74) is 1.24. The molecular weight excluding hydrogens is 303 g/mol. The lowest BCUT2D eigenvalue weighted by Gasteiger charge is -2.36. The van der Waals surface area contributed by atoms with E-state index in [1.54, 1.807) is 0 Å². The Morgan fingerprint density at radius 2 is 1.84 bits per heavy atom. The highest BCUT2D eigenvalue weighted by Gasteiger charge is 2.22. The van der Waals surface area contributed by atoms with Crippen molar-refractivity contribution in [1.29, 1.82) is 0 Å². The molecule has 0 aliphatic carbocycles. The number of piperidine rings is 1. The van der Waals surface area contributed by atoms with E-state index in [-0.39, 0.29) is 12.4 Å². The van der Waals surface area contributed by atoms with Gasteiger partial charge in [-0.05, 0) is 44.5 Å². The number of halogens is 3. The molecule has 0 spiro atoms. The van der Waals surface area contributed by atoms with E-state index in [2.05, 4.69) is 23.2 Å². The van der Waals surface area contributed by atoms with Crippen molar-refractivity contribution in [2.75, 3.05) is 20.1 Å². The Bertz CT molecular complexity index is 404. The zero-order valence-electron chi connectivity index (χ0n) is 11.3. The molecule has 0 aromatic heterocycles. The van der Waals surface area contributed by atoms with Crippen LogP contribution in [0.1, 0.15) is 31.4 Å². The molecule has 108 valence electrons. The maximum Gasteiger partial charge on any atom is 0.0595 e. The standard InChI is InChI=1S/C14H20Cl2N2.ClH/c1-10(11-3-4-13(15)14(16)9-11)18-7-5-12(17-2)6-8-18;/h3-4,9-10,12,17H,5-8H2,1-2H3;1H. The largest absolute Gasteiger partial charge is 0.317 e. The lowest BCUT2D eigenvalue weighted by molar-refractivity contribution is 0.155. The fourth-order valence-corrected chi connectivity index (χ4v) is 2.87. The summed E-state index contributed by atoms with van der Waals surface area (Å²) in [6.45, 7) is 4.50. The summed E-state index contributed by atoms with van der Waals surface area (Å²) in [6.07, 6.45) is 2.42. The van der Waals surface area contributed by atoms with Crippen LogP contribution < -0.4 is 5.32 Å². The molecular formula is C14H21Cl3N2. The highest BCUT2D eigenvalue weighted by Crippen LogP contribution is 2.29. The van der Waals surface area contributed by atoms with Gasteiger partial charge in [0.25, 0.3) is 0 Å². The molecule has 1 fully saturated rings. The molecule has 1 atom stereocenters. The van der Waals surface area contributed by atoms with E-state index in [1.165, 1.54) is 18.4 Å². The number of hydrogen-bond acceptors (Lipinski definition) is 2. The minimum Gasteiger partial charge on any atom is -0.317 e. The van der Waals surface area contributed by atoms with Crippen molar-refractivity contribution in [3.05, 3.63) is 33.8 Å². The first kappa shape index (κ1) is 17.1. The van der Waals surface area contributed by atoms with Crippen molar-refractivity contribution in [2.24, 2.45) is 0 Å². The smallest absolute Gasteiger partial charge is 0.0595 e. The van der Waals surface area contributed by atoms with E-state index in [9.17, 15) is 0 Å². The predicted octanol–water partition coefficient (Wildman–Crippen LogP) is 4.16. The summed E-state index contributed by atoms with van der Waals surface area (Å²) in [5, 5.41) is 4.63. The first-order valence-electron chi connectivity index (χ1n) is 6.48. The van der Waals surface area contributed by atoms with Crippen molar-refractivity contribution >= 4 is 35.6 Å². The number of rotatable bonds is 3. The molecule has 19 heavy (non-hydrogen) atoms. The summed E-state index contributed by atoms with van der Waals surface area (Å²) >= 11 is 12.0. The average Bonchev–Trinajstić information content (AvgIpc) is 2.41. The third-order valence-corrected chi connectivity index (χ3v) is 4.65. The van der Waals surface area contributed by atoms with Gasteiger partial charge in [-0.15, -0.1) is 12.4 Å². The Kier molecular flexibility index (Phi) is 6.92. The van der Waals surface area contributed by atoms with Crippen LogP contribution in [0.2, 0.25) is 10.0 Å². The molecule has 1 aliphatic rings. The maximum absolute atomic E-state index is 6.08. The number of hydrogen-bond donors (Lipinski definition) is 1. The maximum atomic E-state index is 6.08. The zero-order valence-corrected chi connectivity index (χ0v) is 13.7. The van der Waals surface area contributed by atoms with Crippen molar-refractivity contribution in [2.45, 2.75) is 31.8 Å². The van der Waals surface area contributed by atoms with Crippen LogP contribution in [0.15, 0.2) is 18.2 Å². The molecule has 1 unspecified atom stereocenters. The predicted molar refractivity (Wildman–Crippen MR) is 85.8 cm³/mol. The van der Waals surface area contributed by atoms with Gasteiger partial charge in [-0.2, -0.15) is 0 Å². The van der Waals surface area contributed by atoms with E-state index >= 15 is 0 Å². The van der Waals surface area contributed by atoms with Crippen molar-refractivity contribution in [3.63, 3.8) is 0 Å². The van der Waals surface area contributed by atoms with Gasteiger partial charge >= 0.3 is 0 Å². The van der Waals surface area contributed by atoms with Crippen molar-refractivity contribution in [3.8, 4) is 0 Å². The third-order valence-electron chi connectivity index (χ3n) is 3.91. The van der Waals surface area contributed by atoms with Crippen LogP contribution in [0.3, 0.4) is 0 Å². The van der Waals surface area contributed by atoms with Crippen LogP contribution in [0.25, 0.3) is 0 Å².